The molecule has 0 heterocycles. The predicted molar refractivity (Wildman–Crippen MR) is 16.3 cm³/mol. The van der Waals surface area contributed by atoms with E-state index in [4.69, 9.17) is 8.25 Å². The van der Waals surface area contributed by atoms with Gasteiger partial charge in [-0.15, -0.1) is 0 Å². The van der Waals surface area contributed by atoms with Crippen LogP contribution in [-0.2, 0) is 23.3 Å². The summed E-state index contributed by atoms with van der Waals surface area (Å²) in [5, 5.41) is 0. The van der Waals surface area contributed by atoms with Crippen molar-refractivity contribution in [1.29, 1.82) is 0 Å². The van der Waals surface area contributed by atoms with E-state index < -0.39 is 23.3 Å². The Morgan fingerprint density at radius 1 is 2.00 bits per heavy atom. The fourth-order valence-electron chi connectivity index (χ4n) is 0. The monoisotopic (exact) mass is 266 g/mol. The van der Waals surface area contributed by atoms with Crippen LogP contribution in [0.25, 0.3) is 0 Å². The molecule has 0 saturated heterocycles. The molecule has 0 unspecified atom stereocenters. The molecule has 0 saturated carbocycles. The van der Waals surface area contributed by atoms with Crippen LogP contribution in [0.2, 0.25) is 3.93 Å². The quantitative estimate of drug-likeness (QED) is 0.632. The Balaban J connectivity index is 1.97. The van der Waals surface area contributed by atoms with Crippen LogP contribution in [-0.4, -0.2) is 0 Å². The molecule has 2 heteroatoms. The molecule has 0 N–H and O–H groups in total. The molecule has 0 spiro atoms. The zero-order valence-corrected chi connectivity index (χ0v) is 9.05. The molecule has 22 valence electrons. The van der Waals surface area contributed by atoms with Crippen LogP contribution >= 0.6 is 8.25 Å². The SMILES string of the molecule is C[CH2][Hg][Cl]. The summed E-state index contributed by atoms with van der Waals surface area (Å²) in [7, 11) is 5.41. The molecule has 0 fully saturated rings. The Morgan fingerprint density at radius 3 is 2.25 bits per heavy atom. The summed E-state index contributed by atoms with van der Waals surface area (Å²) in [5.74, 6) is 0. The van der Waals surface area contributed by atoms with E-state index in [1.807, 2.05) is 0 Å². The molecule has 0 radical (unpaired) electrons. The first kappa shape index (κ1) is 5.23. The maximum absolute atomic E-state index is 5.41. The van der Waals surface area contributed by atoms with Crippen LogP contribution < -0.4 is 0 Å². The van der Waals surface area contributed by atoms with Crippen LogP contribution in [0.5, 0.6) is 0 Å². The van der Waals surface area contributed by atoms with Crippen LogP contribution in [0.1, 0.15) is 6.92 Å². The van der Waals surface area contributed by atoms with E-state index >= 15 is 0 Å². The molecule has 0 atom stereocenters. The van der Waals surface area contributed by atoms with Gasteiger partial charge in [-0.3, -0.25) is 0 Å². The van der Waals surface area contributed by atoms with Crippen LogP contribution in [0, 0.1) is 0 Å². The number of rotatable bonds is 1. The molecule has 0 aromatic rings. The summed E-state index contributed by atoms with van der Waals surface area (Å²) in [6.45, 7) is 2.15. The van der Waals surface area contributed by atoms with E-state index in [2.05, 4.69) is 6.92 Å². The van der Waals surface area contributed by atoms with Crippen molar-refractivity contribution < 1.29 is 23.3 Å². The summed E-state index contributed by atoms with van der Waals surface area (Å²) in [5.41, 5.74) is 0. The summed E-state index contributed by atoms with van der Waals surface area (Å²) in [6, 6.07) is 0. The van der Waals surface area contributed by atoms with Crippen molar-refractivity contribution in [3.8, 4) is 0 Å². The van der Waals surface area contributed by atoms with Crippen molar-refractivity contribution >= 4 is 8.25 Å². The topological polar surface area (TPSA) is 0 Å². The third-order valence-corrected chi connectivity index (χ3v) is 4.97. The second-order valence-electron chi connectivity index (χ2n) is 0.689. The standard InChI is InChI=1S/C2H5.ClH.Hg/c1-2;;/h1H2,2H3;1H;/q;;+1/p-1. The summed E-state index contributed by atoms with van der Waals surface area (Å²) < 4.78 is 1.31. The second-order valence-corrected chi connectivity index (χ2v) is 9.36. The third kappa shape index (κ3) is 3.23. The summed E-state index contributed by atoms with van der Waals surface area (Å²) in [6.07, 6.45) is 0. The van der Waals surface area contributed by atoms with Gasteiger partial charge < -0.3 is 0 Å². The molecule has 0 aromatic carbocycles. The van der Waals surface area contributed by atoms with E-state index in [-0.39, 0.29) is 0 Å². The van der Waals surface area contributed by atoms with E-state index in [1.165, 1.54) is 3.93 Å². The van der Waals surface area contributed by atoms with Crippen LogP contribution in [0.15, 0.2) is 0 Å². The van der Waals surface area contributed by atoms with Crippen molar-refractivity contribution in [2.24, 2.45) is 0 Å². The Bertz CT molecular complexity index is 8.00. The van der Waals surface area contributed by atoms with E-state index in [0.29, 0.717) is 0 Å². The zero-order chi connectivity index (χ0) is 3.41. The van der Waals surface area contributed by atoms with Gasteiger partial charge in [-0.25, -0.2) is 0 Å². The zero-order valence-electron chi connectivity index (χ0n) is 2.79. The Labute approximate surface area is 42.4 Å². The third-order valence-electron chi connectivity index (χ3n) is 0.189. The van der Waals surface area contributed by atoms with Crippen molar-refractivity contribution in [3.05, 3.63) is 0 Å². The van der Waals surface area contributed by atoms with Crippen molar-refractivity contribution in [1.82, 2.24) is 0 Å². The Hall–Kier alpha value is 1.23. The fourth-order valence-corrected chi connectivity index (χ4v) is 0. The van der Waals surface area contributed by atoms with E-state index in [0.717, 1.165) is 0 Å². The normalized spacial score (nSPS) is 5.50. The molecule has 0 aliphatic carbocycles. The minimum atomic E-state index is -0.640. The minimum absolute atomic E-state index is 0.640. The van der Waals surface area contributed by atoms with Crippen molar-refractivity contribution in [3.63, 3.8) is 0 Å². The van der Waals surface area contributed by atoms with E-state index in [9.17, 15) is 0 Å². The molecule has 0 aromatic heterocycles. The van der Waals surface area contributed by atoms with Gasteiger partial charge >= 0.3 is 42.4 Å². The molecule has 0 rings (SSSR count). The van der Waals surface area contributed by atoms with Gasteiger partial charge in [0.15, 0.2) is 0 Å². The first-order valence-electron chi connectivity index (χ1n) is 1.47. The first-order valence-corrected chi connectivity index (χ1v) is 12.1. The van der Waals surface area contributed by atoms with Gasteiger partial charge in [0.1, 0.15) is 0 Å². The number of hydrogen-bond acceptors (Lipinski definition) is 0. The molecule has 0 nitrogen and oxygen atoms in total. The van der Waals surface area contributed by atoms with E-state index in [1.54, 1.807) is 0 Å². The predicted octanol–water partition coefficient (Wildman–Crippen LogP) is 1.66. The average molecular weight is 265 g/mol. The van der Waals surface area contributed by atoms with Gasteiger partial charge in [0.25, 0.3) is 0 Å². The molecular formula is C2H5ClHg. The average Bonchev–Trinajstić information content (AvgIpc) is 1.37. The van der Waals surface area contributed by atoms with Gasteiger partial charge in [0.2, 0.25) is 0 Å². The van der Waals surface area contributed by atoms with Crippen molar-refractivity contribution in [2.75, 3.05) is 0 Å². The molecular weight excluding hydrogens is 260 g/mol. The number of halogens is 1. The first-order chi connectivity index (χ1) is 1.91. The Kier molecular flexibility index (Phi) is 5.52. The molecule has 0 aliphatic rings. The number of hydrogen-bond donors (Lipinski definition) is 0. The second kappa shape index (κ2) is 4.23. The molecule has 0 aliphatic heterocycles. The summed E-state index contributed by atoms with van der Waals surface area (Å²) in [4.78, 5) is 0. The molecule has 0 amide bonds. The molecule has 0 bridgehead atoms. The van der Waals surface area contributed by atoms with Crippen LogP contribution in [0.4, 0.5) is 0 Å². The van der Waals surface area contributed by atoms with Gasteiger partial charge in [0.05, 0.1) is 0 Å². The van der Waals surface area contributed by atoms with Crippen LogP contribution in [0.3, 0.4) is 0 Å². The van der Waals surface area contributed by atoms with Gasteiger partial charge in [0, 0.05) is 0 Å². The van der Waals surface area contributed by atoms with Gasteiger partial charge in [-0.1, -0.05) is 0 Å². The van der Waals surface area contributed by atoms with Crippen molar-refractivity contribution in [2.45, 2.75) is 10.9 Å². The summed E-state index contributed by atoms with van der Waals surface area (Å²) >= 11 is -0.640. The fraction of sp³-hybridized carbons (Fsp3) is 1.00. The van der Waals surface area contributed by atoms with Gasteiger partial charge in [-0.2, -0.15) is 0 Å². The van der Waals surface area contributed by atoms with Gasteiger partial charge in [-0.05, 0) is 0 Å². The molecule has 4 heavy (non-hydrogen) atoms. The Morgan fingerprint density at radius 2 is 2.25 bits per heavy atom. The maximum atomic E-state index is 5.41.